The van der Waals surface area contributed by atoms with Gasteiger partial charge in [0, 0.05) is 125 Å². The van der Waals surface area contributed by atoms with Gasteiger partial charge in [0.05, 0.1) is 93.1 Å². The Labute approximate surface area is 856 Å². The molecule has 0 saturated carbocycles. The van der Waals surface area contributed by atoms with Crippen molar-refractivity contribution in [3.63, 3.8) is 0 Å². The number of amides is 3. The van der Waals surface area contributed by atoms with E-state index in [2.05, 4.69) is 113 Å². The van der Waals surface area contributed by atoms with Crippen molar-refractivity contribution < 1.29 is 39.5 Å². The number of pyridine rings is 2. The maximum atomic E-state index is 11.4. The number of hydrogen-bond donors (Lipinski definition) is 7. The first-order valence-electron chi connectivity index (χ1n) is 47.2. The van der Waals surface area contributed by atoms with Gasteiger partial charge in [0.15, 0.2) is 5.69 Å². The molecule has 28 nitrogen and oxygen atoms in total. The Morgan fingerprint density at radius 3 is 1.19 bits per heavy atom. The number of methoxy groups -OCH3 is 1. The summed E-state index contributed by atoms with van der Waals surface area (Å²) in [7, 11) is 7.09. The first kappa shape index (κ1) is 127. The number of hydrogen-bond acceptors (Lipinski definition) is 18. The number of nitrogens with one attached hydrogen (secondary N) is 1. The van der Waals surface area contributed by atoms with Crippen LogP contribution in [-0.2, 0) is 44.4 Å². The lowest BCUT2D eigenvalue weighted by molar-refractivity contribution is 0.0576. The molecular weight excluding hydrogens is 1800 g/mol. The van der Waals surface area contributed by atoms with Gasteiger partial charge in [-0.05, 0) is 294 Å². The fraction of sp³-hybridized carbons (Fsp3) is 0.328. The van der Waals surface area contributed by atoms with Crippen LogP contribution in [0.5, 0.6) is 5.75 Å². The quantitative estimate of drug-likeness (QED) is 0.0527. The summed E-state index contributed by atoms with van der Waals surface area (Å²) in [5.74, 6) is 0.914. The van der Waals surface area contributed by atoms with Crippen molar-refractivity contribution in [2.24, 2.45) is 24.4 Å². The fourth-order valence-corrected chi connectivity index (χ4v) is 11.3. The average Bonchev–Trinajstić information content (AvgIpc) is 0.972. The van der Waals surface area contributed by atoms with Gasteiger partial charge in [0.2, 0.25) is 11.8 Å². The Kier molecular flexibility index (Phi) is 61.9. The number of nitrogens with two attached hydrogens (primary N) is 2. The van der Waals surface area contributed by atoms with Gasteiger partial charge in [-0.1, -0.05) is 175 Å². The minimum atomic E-state index is -0.827. The van der Waals surface area contributed by atoms with Gasteiger partial charge in [-0.3, -0.25) is 62.8 Å². The molecule has 16 aromatic rings. The average molecular weight is 1960 g/mol. The van der Waals surface area contributed by atoms with Crippen LogP contribution < -0.4 is 16.2 Å². The van der Waals surface area contributed by atoms with Crippen molar-refractivity contribution in [2.45, 2.75) is 216 Å². The third-order valence-electron chi connectivity index (χ3n) is 18.7. The number of primary amides is 2. The number of aromatic amines is 1. The molecule has 28 heteroatoms. The molecule has 770 valence electrons. The number of ether oxygens (including phenoxy) is 1. The fourth-order valence-electron chi connectivity index (χ4n) is 11.3. The number of aromatic nitrogens is 16. The minimum absolute atomic E-state index is 0.0544. The SMILES string of the molecule is CCn1cc(C)cn1.COc1cccc(C)c1.Cc1ccc(C(N)=O)cc1.Cc1cccc(C(=O)N(C)C)c1.Cc1cccc(C(C)(C)O)c1.Cc1cccc(C(N)=O)c1.Cc1ccccc1.Cc1ccnc(C(C)(C)O)c1.Cc1ccncc1.Cc1cn[nH]c1.Cc1cnccn1.Cc1cnn(C)c1.Cc1cnn(CC(C)(C)O)c1.Cc1cnn(CC(C)C)c1.Cc1cnn(CCO)c1.[C-]#[N+]c1cccc(C)c1. The highest BCUT2D eigenvalue weighted by molar-refractivity contribution is 5.94. The second kappa shape index (κ2) is 70.4. The Morgan fingerprint density at radius 1 is 0.438 bits per heavy atom. The topological polar surface area (TPSA) is 370 Å². The maximum absolute atomic E-state index is 11.4. The largest absolute Gasteiger partial charge is 0.497 e. The molecule has 9 heterocycles. The highest BCUT2D eigenvalue weighted by Crippen LogP contribution is 2.21. The summed E-state index contributed by atoms with van der Waals surface area (Å²) in [6.07, 6.45) is 33.0. The van der Waals surface area contributed by atoms with Gasteiger partial charge in [0.1, 0.15) is 11.4 Å². The number of aliphatic hydroxyl groups excluding tert-OH is 1. The lowest BCUT2D eigenvalue weighted by atomic mass is 9.97. The molecule has 7 aromatic carbocycles. The van der Waals surface area contributed by atoms with Gasteiger partial charge in [-0.2, -0.15) is 30.6 Å². The van der Waals surface area contributed by atoms with Crippen molar-refractivity contribution in [2.75, 3.05) is 27.8 Å². The van der Waals surface area contributed by atoms with Gasteiger partial charge in [0.25, 0.3) is 5.91 Å². The normalized spacial score (nSPS) is 9.90. The molecule has 0 bridgehead atoms. The van der Waals surface area contributed by atoms with Crippen molar-refractivity contribution in [1.82, 2.24) is 83.9 Å². The summed E-state index contributed by atoms with van der Waals surface area (Å²) in [5.41, 5.74) is 30.7. The van der Waals surface area contributed by atoms with Crippen molar-refractivity contribution in [3.05, 3.63) is 440 Å². The van der Waals surface area contributed by atoms with Crippen LogP contribution >= 0.6 is 0 Å². The van der Waals surface area contributed by atoms with Gasteiger partial charge < -0.3 is 41.5 Å². The number of benzene rings is 7. The zero-order valence-electron chi connectivity index (χ0n) is 90.2. The molecule has 0 radical (unpaired) electrons. The summed E-state index contributed by atoms with van der Waals surface area (Å²) >= 11 is 0. The van der Waals surface area contributed by atoms with E-state index < -0.39 is 16.8 Å². The predicted octanol–water partition coefficient (Wildman–Crippen LogP) is 22.1. The number of carbonyl (C=O) groups is 3. The molecule has 0 fully saturated rings. The first-order valence-corrected chi connectivity index (χ1v) is 47.2. The van der Waals surface area contributed by atoms with E-state index in [1.165, 1.54) is 44.5 Å². The van der Waals surface area contributed by atoms with E-state index >= 15 is 0 Å². The van der Waals surface area contributed by atoms with Crippen LogP contribution in [-0.4, -0.2) is 155 Å². The zero-order valence-corrected chi connectivity index (χ0v) is 90.2. The van der Waals surface area contributed by atoms with Crippen molar-refractivity contribution in [1.29, 1.82) is 0 Å². The van der Waals surface area contributed by atoms with Crippen LogP contribution in [0.4, 0.5) is 5.69 Å². The van der Waals surface area contributed by atoms with E-state index in [0.717, 1.165) is 86.0 Å². The van der Waals surface area contributed by atoms with Crippen LogP contribution in [0.3, 0.4) is 0 Å². The Bertz CT molecular complexity index is 6000. The summed E-state index contributed by atoms with van der Waals surface area (Å²) in [6.45, 7) is 59.0. The van der Waals surface area contributed by atoms with Crippen LogP contribution in [0.2, 0.25) is 0 Å². The second-order valence-electron chi connectivity index (χ2n) is 36.2. The Balaban J connectivity index is 0.000000770. The first-order chi connectivity index (χ1) is 67.8. The summed E-state index contributed by atoms with van der Waals surface area (Å²) in [6, 6.07) is 63.4. The highest BCUT2D eigenvalue weighted by Gasteiger charge is 2.18. The zero-order chi connectivity index (χ0) is 108. The third kappa shape index (κ3) is 64.1. The lowest BCUT2D eigenvalue weighted by Crippen LogP contribution is -2.26. The Morgan fingerprint density at radius 2 is 0.889 bits per heavy atom. The molecule has 0 unspecified atom stereocenters. The van der Waals surface area contributed by atoms with E-state index in [0.29, 0.717) is 30.1 Å². The van der Waals surface area contributed by atoms with Crippen LogP contribution in [0.1, 0.15) is 194 Å². The standard InChI is InChI=1S/C10H13NO.C10H14O.C9H13NO.C8H14N2O.C8H14N2.2C8H9NO.C8H7N.C8H10O.C7H8.C6H10N2O.C6H10N2.C6H7N.C5H8N2.C5H6N2.C4H6N2/c1-8-5-4-6-9(7-8)10(12)11(2)3;1-8-5-4-6-9(7-8)10(2,3)11;1-7-4-5-10-8(6-7)9(2,3)11;1-7-4-9-10(5-7)6-8(2,3)11;1-7(2)5-10-6-8(3)4-9-10;1-6-2-4-7(5-3-6)8(9)10;1-6-3-2-4-7(5-6)8(9)10;2*1-7-4-3-5-8(6-7)9-2;1-7-5-3-2-4-6-7;1-6-4-7-8(5-6)2-3-9;1-3-8-5-6(2)4-7-8;1-6-2-4-7-5-3-6;1-5-3-6-7(2)4-5;1-5-4-6-2-3-7-5;1-4-2-5-6-3-4/h4-7H,1-3H3;4-7,11H,1-3H3;4-6,11H,1-3H3;4-5,11H,6H2,1-3H3;4,6-7H,5H2,1-3H3;2*2-5H,1H3,(H2,9,10);3-6H,1H3;3-6H,1-2H3;2-6H,1H3;4-5,9H,2-3H2,1H3;4-5H,3H2,1-2H3;2-5H,1H3;3-4H,1-2H3;2-4H,1H3;2-3H,1H3,(H,5,6). The molecule has 0 aliphatic rings. The van der Waals surface area contributed by atoms with Crippen molar-refractivity contribution in [3.8, 4) is 5.75 Å². The van der Waals surface area contributed by atoms with E-state index in [9.17, 15) is 29.7 Å². The number of carbonyl (C=O) groups excluding carboxylic acids is 3. The number of H-pyrrole nitrogens is 1. The molecule has 0 atom stereocenters. The molecule has 9 aromatic heterocycles. The number of rotatable bonds is 13. The minimum Gasteiger partial charge on any atom is -0.497 e. The number of aryl methyl sites for hydroxylation is 18. The lowest BCUT2D eigenvalue weighted by Gasteiger charge is -2.17. The molecule has 0 spiro atoms. The molecular formula is C116H158N20O8. The van der Waals surface area contributed by atoms with Crippen LogP contribution in [0.25, 0.3) is 4.85 Å². The van der Waals surface area contributed by atoms with Crippen LogP contribution in [0.15, 0.2) is 312 Å². The molecule has 3 amide bonds. The molecule has 144 heavy (non-hydrogen) atoms. The molecule has 9 N–H and O–H groups in total. The monoisotopic (exact) mass is 1960 g/mol. The van der Waals surface area contributed by atoms with Gasteiger partial charge in [-0.15, -0.1) is 0 Å². The third-order valence-corrected chi connectivity index (χ3v) is 18.7. The molecule has 0 aliphatic carbocycles. The summed E-state index contributed by atoms with van der Waals surface area (Å²) < 4.78 is 14.1. The number of aliphatic hydroxyl groups is 4. The van der Waals surface area contributed by atoms with Crippen LogP contribution in [0, 0.1) is 123 Å². The molecule has 16 rings (SSSR count). The molecule has 0 saturated heterocycles. The maximum Gasteiger partial charge on any atom is 0.253 e. The van der Waals surface area contributed by atoms with Gasteiger partial charge in [-0.25, -0.2) is 4.85 Å². The predicted molar refractivity (Wildman–Crippen MR) is 584 cm³/mol. The summed E-state index contributed by atoms with van der Waals surface area (Å²) in [5, 5.41) is 63.6. The number of nitrogens with zero attached hydrogens (tertiary/aromatic N) is 17. The second-order valence-corrected chi connectivity index (χ2v) is 36.2. The van der Waals surface area contributed by atoms with Crippen molar-refractivity contribution >= 4 is 23.4 Å². The van der Waals surface area contributed by atoms with E-state index in [4.69, 9.17) is 27.9 Å². The summed E-state index contributed by atoms with van der Waals surface area (Å²) in [4.78, 5) is 53.0. The van der Waals surface area contributed by atoms with E-state index in [-0.39, 0.29) is 24.3 Å². The smallest absolute Gasteiger partial charge is 0.253 e. The Hall–Kier alpha value is -15.3. The van der Waals surface area contributed by atoms with E-state index in [1.54, 1.807) is 168 Å². The van der Waals surface area contributed by atoms with Gasteiger partial charge >= 0.3 is 0 Å². The molecule has 0 aliphatic heterocycles. The highest BCUT2D eigenvalue weighted by atomic mass is 16.5. The van der Waals surface area contributed by atoms with E-state index in [1.807, 2.05) is 321 Å².